The predicted octanol–water partition coefficient (Wildman–Crippen LogP) is 4.01. The lowest BCUT2D eigenvalue weighted by molar-refractivity contribution is 0.0273. The summed E-state index contributed by atoms with van der Waals surface area (Å²) in [6.45, 7) is 6.54. The molecule has 0 aromatic carbocycles. The van der Waals surface area contributed by atoms with Gasteiger partial charge in [-0.15, -0.1) is 0 Å². The highest BCUT2D eigenvalue weighted by atomic mass is 79.9. The molecule has 1 aliphatic rings. The van der Waals surface area contributed by atoms with Crippen LogP contribution in [0.25, 0.3) is 5.57 Å². The molecular weight excluding hydrogens is 339 g/mol. The number of pyridine rings is 1. The summed E-state index contributed by atoms with van der Waals surface area (Å²) in [6, 6.07) is 2.98. The zero-order valence-electron chi connectivity index (χ0n) is 12.3. The summed E-state index contributed by atoms with van der Waals surface area (Å²) in [6.07, 6.45) is 2.41. The molecule has 1 aromatic heterocycles. The predicted molar refractivity (Wildman–Crippen MR) is 82.3 cm³/mol. The number of carbonyl (C=O) groups excluding carboxylic acids is 1. The number of rotatable bonds is 1. The van der Waals surface area contributed by atoms with Gasteiger partial charge >= 0.3 is 6.09 Å². The fourth-order valence-corrected chi connectivity index (χ4v) is 2.33. The first kappa shape index (κ1) is 15.9. The minimum atomic E-state index is -0.518. The Balaban J connectivity index is 2.11. The molecule has 2 heterocycles. The summed E-state index contributed by atoms with van der Waals surface area (Å²) in [4.78, 5) is 17.9. The van der Waals surface area contributed by atoms with Gasteiger partial charge in [-0.1, -0.05) is 6.08 Å². The Morgan fingerprint density at radius 2 is 2.14 bits per heavy atom. The van der Waals surface area contributed by atoms with Gasteiger partial charge in [-0.05, 0) is 60.8 Å². The van der Waals surface area contributed by atoms with Crippen LogP contribution in [0.5, 0.6) is 0 Å². The second-order valence-corrected chi connectivity index (χ2v) is 6.64. The summed E-state index contributed by atoms with van der Waals surface area (Å²) in [5.74, 6) is -0.404. The lowest BCUT2D eigenvalue weighted by Crippen LogP contribution is -2.39. The van der Waals surface area contributed by atoms with Crippen molar-refractivity contribution in [3.8, 4) is 0 Å². The molecule has 0 aliphatic carbocycles. The number of amides is 1. The van der Waals surface area contributed by atoms with Crippen LogP contribution < -0.4 is 0 Å². The Labute approximate surface area is 132 Å². The molecule has 2 rings (SSSR count). The average molecular weight is 357 g/mol. The quantitative estimate of drug-likeness (QED) is 0.714. The fourth-order valence-electron chi connectivity index (χ4n) is 2.01. The monoisotopic (exact) mass is 356 g/mol. The first-order valence-corrected chi connectivity index (χ1v) is 7.55. The van der Waals surface area contributed by atoms with Crippen molar-refractivity contribution in [3.05, 3.63) is 34.3 Å². The summed E-state index contributed by atoms with van der Waals surface area (Å²) in [5.41, 5.74) is 1.04. The summed E-state index contributed by atoms with van der Waals surface area (Å²) in [5, 5.41) is 0. The lowest BCUT2D eigenvalue weighted by atomic mass is 10.1. The molecule has 0 N–H and O–H groups in total. The molecule has 4 nitrogen and oxygen atoms in total. The molecule has 21 heavy (non-hydrogen) atoms. The number of halogens is 2. The SMILES string of the molecule is CC(C)(C)OC(=O)N1CCC=C(c2ccc(F)c(Br)n2)C1. The lowest BCUT2D eigenvalue weighted by Gasteiger charge is -2.30. The third-order valence-electron chi connectivity index (χ3n) is 2.93. The molecule has 114 valence electrons. The van der Waals surface area contributed by atoms with E-state index in [1.165, 1.54) is 6.07 Å². The number of ether oxygens (including phenoxy) is 1. The highest BCUT2D eigenvalue weighted by molar-refractivity contribution is 9.10. The zero-order valence-corrected chi connectivity index (χ0v) is 13.9. The number of hydrogen-bond donors (Lipinski definition) is 0. The average Bonchev–Trinajstić information content (AvgIpc) is 2.40. The van der Waals surface area contributed by atoms with Crippen LogP contribution >= 0.6 is 15.9 Å². The topological polar surface area (TPSA) is 42.4 Å². The van der Waals surface area contributed by atoms with Gasteiger partial charge in [0.05, 0.1) is 12.2 Å². The summed E-state index contributed by atoms with van der Waals surface area (Å²) in [7, 11) is 0. The van der Waals surface area contributed by atoms with Gasteiger partial charge in [0, 0.05) is 6.54 Å². The molecule has 0 bridgehead atoms. The minimum absolute atomic E-state index is 0.176. The third-order valence-corrected chi connectivity index (χ3v) is 3.49. The molecule has 1 aliphatic heterocycles. The van der Waals surface area contributed by atoms with Crippen molar-refractivity contribution >= 4 is 27.6 Å². The van der Waals surface area contributed by atoms with Crippen LogP contribution in [-0.2, 0) is 4.74 Å². The van der Waals surface area contributed by atoms with Crippen molar-refractivity contribution < 1.29 is 13.9 Å². The third kappa shape index (κ3) is 4.27. The molecule has 0 saturated carbocycles. The molecule has 0 saturated heterocycles. The van der Waals surface area contributed by atoms with Crippen LogP contribution in [0.4, 0.5) is 9.18 Å². The standard InChI is InChI=1S/C15H18BrFN2O2/c1-15(2,3)21-14(20)19-8-4-5-10(9-19)12-7-6-11(17)13(16)18-12/h5-7H,4,8-9H2,1-3H3. The minimum Gasteiger partial charge on any atom is -0.444 e. The van der Waals surface area contributed by atoms with Crippen LogP contribution in [-0.4, -0.2) is 34.7 Å². The summed E-state index contributed by atoms with van der Waals surface area (Å²) < 4.78 is 18.8. The van der Waals surface area contributed by atoms with E-state index in [4.69, 9.17) is 4.74 Å². The molecule has 0 spiro atoms. The van der Waals surface area contributed by atoms with Crippen LogP contribution in [0.3, 0.4) is 0 Å². The van der Waals surface area contributed by atoms with E-state index in [1.54, 1.807) is 11.0 Å². The van der Waals surface area contributed by atoms with Crippen molar-refractivity contribution in [2.24, 2.45) is 0 Å². The summed E-state index contributed by atoms with van der Waals surface area (Å²) >= 11 is 3.08. The van der Waals surface area contributed by atoms with Gasteiger partial charge in [-0.3, -0.25) is 0 Å². The van der Waals surface area contributed by atoms with Gasteiger partial charge < -0.3 is 9.64 Å². The first-order valence-electron chi connectivity index (χ1n) is 6.75. The zero-order chi connectivity index (χ0) is 15.6. The fraction of sp³-hybridized carbons (Fsp3) is 0.467. The maximum absolute atomic E-state index is 13.2. The largest absolute Gasteiger partial charge is 0.444 e. The molecular formula is C15H18BrFN2O2. The van der Waals surface area contributed by atoms with Crippen molar-refractivity contribution in [2.75, 3.05) is 13.1 Å². The van der Waals surface area contributed by atoms with Gasteiger partial charge in [0.25, 0.3) is 0 Å². The van der Waals surface area contributed by atoms with Gasteiger partial charge in [0.15, 0.2) is 5.82 Å². The Hall–Kier alpha value is -1.43. The van der Waals surface area contributed by atoms with E-state index in [9.17, 15) is 9.18 Å². The van der Waals surface area contributed by atoms with Gasteiger partial charge in [-0.25, -0.2) is 14.2 Å². The van der Waals surface area contributed by atoms with Gasteiger partial charge in [0.1, 0.15) is 10.2 Å². The number of carbonyl (C=O) groups is 1. The van der Waals surface area contributed by atoms with Crippen LogP contribution in [0.1, 0.15) is 32.9 Å². The van der Waals surface area contributed by atoms with Crippen molar-refractivity contribution in [2.45, 2.75) is 32.8 Å². The maximum atomic E-state index is 13.2. The first-order chi connectivity index (χ1) is 9.76. The Bertz CT molecular complexity index is 582. The maximum Gasteiger partial charge on any atom is 0.410 e. The van der Waals surface area contributed by atoms with E-state index in [-0.39, 0.29) is 10.7 Å². The van der Waals surface area contributed by atoms with Crippen molar-refractivity contribution in [1.29, 1.82) is 0 Å². The van der Waals surface area contributed by atoms with E-state index in [0.717, 1.165) is 12.0 Å². The highest BCUT2D eigenvalue weighted by Gasteiger charge is 2.25. The Morgan fingerprint density at radius 3 is 2.76 bits per heavy atom. The van der Waals surface area contributed by atoms with E-state index < -0.39 is 11.4 Å². The molecule has 0 atom stereocenters. The molecule has 6 heteroatoms. The highest BCUT2D eigenvalue weighted by Crippen LogP contribution is 2.23. The molecule has 0 fully saturated rings. The Kier molecular flexibility index (Phi) is 4.66. The van der Waals surface area contributed by atoms with Crippen LogP contribution in [0.15, 0.2) is 22.8 Å². The smallest absolute Gasteiger partial charge is 0.410 e. The molecule has 1 amide bonds. The number of hydrogen-bond acceptors (Lipinski definition) is 3. The van der Waals surface area contributed by atoms with Crippen LogP contribution in [0.2, 0.25) is 0 Å². The van der Waals surface area contributed by atoms with Crippen LogP contribution in [0, 0.1) is 5.82 Å². The number of aromatic nitrogens is 1. The normalized spacial score (nSPS) is 15.7. The Morgan fingerprint density at radius 1 is 1.43 bits per heavy atom. The number of nitrogens with zero attached hydrogens (tertiary/aromatic N) is 2. The van der Waals surface area contributed by atoms with E-state index in [1.807, 2.05) is 26.8 Å². The van der Waals surface area contributed by atoms with E-state index >= 15 is 0 Å². The van der Waals surface area contributed by atoms with E-state index in [2.05, 4.69) is 20.9 Å². The van der Waals surface area contributed by atoms with Crippen molar-refractivity contribution in [1.82, 2.24) is 9.88 Å². The van der Waals surface area contributed by atoms with E-state index in [0.29, 0.717) is 18.8 Å². The molecule has 0 unspecified atom stereocenters. The van der Waals surface area contributed by atoms with Gasteiger partial charge in [0.2, 0.25) is 0 Å². The second-order valence-electron chi connectivity index (χ2n) is 5.89. The molecule has 0 radical (unpaired) electrons. The van der Waals surface area contributed by atoms with Gasteiger partial charge in [-0.2, -0.15) is 0 Å². The molecule has 1 aromatic rings. The van der Waals surface area contributed by atoms with Crippen molar-refractivity contribution in [3.63, 3.8) is 0 Å². The second kappa shape index (κ2) is 6.13.